The largest absolute Gasteiger partial charge is 0.381 e. The minimum atomic E-state index is -1.08. The smallest absolute Gasteiger partial charge is 0.262 e. The Hall–Kier alpha value is -3.14. The topological polar surface area (TPSA) is 127 Å². The Labute approximate surface area is 317 Å². The first kappa shape index (κ1) is 35.9. The van der Waals surface area contributed by atoms with Crippen LogP contribution in [-0.2, 0) is 25.4 Å². The van der Waals surface area contributed by atoms with Crippen molar-refractivity contribution in [2.24, 2.45) is 45.1 Å². The zero-order valence-electron chi connectivity index (χ0n) is 30.0. The van der Waals surface area contributed by atoms with E-state index in [0.29, 0.717) is 47.0 Å². The third-order valence-electron chi connectivity index (χ3n) is 13.5. The standard InChI is InChI=1S/C41H52Cl2N6O3/c42-32-16-12-29(13-17-32)40(28-8-2-1-3-9-28)36(50)49(39(45)46-40)35-11-5-7-27(25-35)26-6-4-10-31(24-26)41(30-14-18-33(43)19-15-30)37(51)48(38(44)47-41)34-20-22-52-23-21-34/h12-19,26-28,31,34-35H,1-11,20-25H2,(H2,44,47)(H2,45,46). The number of hydrogen-bond donors (Lipinski definition) is 2. The van der Waals surface area contributed by atoms with Crippen LogP contribution in [0.25, 0.3) is 0 Å². The van der Waals surface area contributed by atoms with E-state index in [0.717, 1.165) is 101 Å². The lowest BCUT2D eigenvalue weighted by Crippen LogP contribution is -2.53. The molecule has 6 aliphatic rings. The number of nitrogens with zero attached hydrogens (tertiary/aromatic N) is 4. The van der Waals surface area contributed by atoms with Crippen LogP contribution in [0, 0.1) is 23.7 Å². The Bertz CT molecular complexity index is 1710. The van der Waals surface area contributed by atoms with Crippen molar-refractivity contribution in [1.82, 2.24) is 9.80 Å². The summed E-state index contributed by atoms with van der Waals surface area (Å²) >= 11 is 12.7. The molecule has 3 aliphatic heterocycles. The molecule has 2 amide bonds. The molecule has 9 nitrogen and oxygen atoms in total. The van der Waals surface area contributed by atoms with Gasteiger partial charge in [-0.1, -0.05) is 92.4 Å². The average Bonchev–Trinajstić information content (AvgIpc) is 3.61. The van der Waals surface area contributed by atoms with Crippen molar-refractivity contribution < 1.29 is 14.3 Å². The van der Waals surface area contributed by atoms with E-state index in [9.17, 15) is 9.59 Å². The molecule has 3 heterocycles. The third kappa shape index (κ3) is 6.12. The number of hydrogen-bond acceptors (Lipinski definition) is 7. The van der Waals surface area contributed by atoms with Gasteiger partial charge in [0.05, 0.1) is 0 Å². The van der Waals surface area contributed by atoms with Crippen LogP contribution in [0.4, 0.5) is 0 Å². The summed E-state index contributed by atoms with van der Waals surface area (Å²) in [6, 6.07) is 15.3. The van der Waals surface area contributed by atoms with Crippen molar-refractivity contribution in [3.05, 3.63) is 69.7 Å². The minimum absolute atomic E-state index is 0.00685. The number of benzene rings is 2. The van der Waals surface area contributed by atoms with Gasteiger partial charge in [-0.2, -0.15) is 0 Å². The molecule has 1 saturated heterocycles. The Morgan fingerprint density at radius 3 is 1.63 bits per heavy atom. The first-order valence-corrected chi connectivity index (χ1v) is 20.5. The van der Waals surface area contributed by atoms with Gasteiger partial charge in [0.25, 0.3) is 11.8 Å². The molecule has 2 aromatic carbocycles. The van der Waals surface area contributed by atoms with Crippen LogP contribution in [0.3, 0.4) is 0 Å². The van der Waals surface area contributed by atoms with E-state index >= 15 is 0 Å². The van der Waals surface area contributed by atoms with Crippen molar-refractivity contribution in [2.75, 3.05) is 13.2 Å². The molecule has 2 aromatic rings. The summed E-state index contributed by atoms with van der Waals surface area (Å²) in [6.45, 7) is 1.22. The number of halogens is 2. The first-order valence-electron chi connectivity index (χ1n) is 19.7. The van der Waals surface area contributed by atoms with Crippen molar-refractivity contribution >= 4 is 46.9 Å². The Kier molecular flexibility index (Phi) is 10.1. The van der Waals surface area contributed by atoms with Crippen molar-refractivity contribution in [1.29, 1.82) is 0 Å². The summed E-state index contributed by atoms with van der Waals surface area (Å²) in [7, 11) is 0. The van der Waals surface area contributed by atoms with Crippen LogP contribution < -0.4 is 11.5 Å². The molecule has 52 heavy (non-hydrogen) atoms. The summed E-state index contributed by atoms with van der Waals surface area (Å²) in [5, 5.41) is 1.27. The lowest BCUT2D eigenvalue weighted by atomic mass is 9.63. The maximum atomic E-state index is 14.9. The molecule has 0 spiro atoms. The number of rotatable bonds is 7. The van der Waals surface area contributed by atoms with E-state index in [1.807, 2.05) is 53.4 Å². The van der Waals surface area contributed by atoms with Gasteiger partial charge in [0.2, 0.25) is 0 Å². The number of ether oxygens (including phenoxy) is 1. The molecular weight excluding hydrogens is 695 g/mol. The minimum Gasteiger partial charge on any atom is -0.381 e. The summed E-state index contributed by atoms with van der Waals surface area (Å²) in [4.78, 5) is 43.6. The predicted molar refractivity (Wildman–Crippen MR) is 205 cm³/mol. The van der Waals surface area contributed by atoms with Gasteiger partial charge in [-0.15, -0.1) is 0 Å². The van der Waals surface area contributed by atoms with E-state index in [1.54, 1.807) is 4.90 Å². The van der Waals surface area contributed by atoms with Gasteiger partial charge in [0.1, 0.15) is 0 Å². The van der Waals surface area contributed by atoms with Gasteiger partial charge in [-0.05, 0) is 110 Å². The number of carbonyl (C=O) groups excluding carboxylic acids is 2. The second kappa shape index (κ2) is 14.6. The van der Waals surface area contributed by atoms with Gasteiger partial charge in [-0.3, -0.25) is 19.4 Å². The van der Waals surface area contributed by atoms with Crippen LogP contribution in [0.5, 0.6) is 0 Å². The Morgan fingerprint density at radius 2 is 1.06 bits per heavy atom. The molecule has 0 radical (unpaired) electrons. The van der Waals surface area contributed by atoms with Gasteiger partial charge in [0.15, 0.2) is 23.0 Å². The van der Waals surface area contributed by atoms with Gasteiger partial charge >= 0.3 is 0 Å². The number of aliphatic imine (C=N–C) groups is 2. The third-order valence-corrected chi connectivity index (χ3v) is 14.0. The maximum absolute atomic E-state index is 14.9. The Morgan fingerprint density at radius 1 is 0.577 bits per heavy atom. The molecule has 6 unspecified atom stereocenters. The quantitative estimate of drug-likeness (QED) is 0.303. The molecule has 3 aliphatic carbocycles. The van der Waals surface area contributed by atoms with E-state index in [-0.39, 0.29) is 35.7 Å². The fourth-order valence-corrected chi connectivity index (χ4v) is 11.2. The normalized spacial score (nSPS) is 33.7. The number of carbonyl (C=O) groups is 2. The highest BCUT2D eigenvalue weighted by atomic mass is 35.5. The molecule has 0 aromatic heterocycles. The number of guanidine groups is 2. The highest BCUT2D eigenvalue weighted by molar-refractivity contribution is 6.30. The zero-order valence-corrected chi connectivity index (χ0v) is 31.5. The van der Waals surface area contributed by atoms with Gasteiger partial charge < -0.3 is 16.2 Å². The fraction of sp³-hybridized carbons (Fsp3) is 0.610. The lowest BCUT2D eigenvalue weighted by Gasteiger charge is -2.45. The number of amides is 2. The van der Waals surface area contributed by atoms with E-state index in [4.69, 9.17) is 49.4 Å². The molecule has 8 rings (SSSR count). The van der Waals surface area contributed by atoms with Crippen LogP contribution in [-0.4, -0.2) is 58.8 Å². The van der Waals surface area contributed by atoms with Crippen LogP contribution in [0.2, 0.25) is 10.0 Å². The predicted octanol–water partition coefficient (Wildman–Crippen LogP) is 7.52. The second-order valence-corrected chi connectivity index (χ2v) is 17.1. The van der Waals surface area contributed by atoms with E-state index in [1.165, 1.54) is 6.42 Å². The van der Waals surface area contributed by atoms with Gasteiger partial charge in [0, 0.05) is 35.3 Å². The molecular formula is C41H52Cl2N6O3. The molecule has 4 fully saturated rings. The zero-order chi connectivity index (χ0) is 36.0. The summed E-state index contributed by atoms with van der Waals surface area (Å²) in [5.41, 5.74) is 13.2. The molecule has 6 atom stereocenters. The van der Waals surface area contributed by atoms with Crippen molar-refractivity contribution in [3.63, 3.8) is 0 Å². The van der Waals surface area contributed by atoms with Gasteiger partial charge in [-0.25, -0.2) is 9.98 Å². The van der Waals surface area contributed by atoms with Crippen molar-refractivity contribution in [3.8, 4) is 0 Å². The molecule has 11 heteroatoms. The molecule has 4 N–H and O–H groups in total. The van der Waals surface area contributed by atoms with Crippen LogP contribution in [0.15, 0.2) is 58.5 Å². The average molecular weight is 748 g/mol. The first-order chi connectivity index (χ1) is 25.2. The highest BCUT2D eigenvalue weighted by Crippen LogP contribution is 2.52. The monoisotopic (exact) mass is 746 g/mol. The number of nitrogens with two attached hydrogens (primary N) is 2. The molecule has 3 saturated carbocycles. The summed E-state index contributed by atoms with van der Waals surface area (Å²) < 4.78 is 5.63. The second-order valence-electron chi connectivity index (χ2n) is 16.2. The summed E-state index contributed by atoms with van der Waals surface area (Å²) in [6.07, 6.45) is 14.6. The summed E-state index contributed by atoms with van der Waals surface area (Å²) in [5.74, 6) is 1.58. The SMILES string of the molecule is NC1=NC(c2ccc(Cl)cc2)(C2CCCCC2)C(=O)N1C1CCCC(C2CCCC(C3(c4ccc(Cl)cc4)N=C(N)N(C4CCOCC4)C3=O)C2)C1. The van der Waals surface area contributed by atoms with E-state index in [2.05, 4.69) is 0 Å². The maximum Gasteiger partial charge on any atom is 0.262 e. The Balaban J connectivity index is 1.05. The lowest BCUT2D eigenvalue weighted by molar-refractivity contribution is -0.138. The van der Waals surface area contributed by atoms with E-state index < -0.39 is 11.1 Å². The molecule has 0 bridgehead atoms. The highest BCUT2D eigenvalue weighted by Gasteiger charge is 2.58. The van der Waals surface area contributed by atoms with Crippen LogP contribution in [0.1, 0.15) is 107 Å². The fourth-order valence-electron chi connectivity index (χ4n) is 11.0. The van der Waals surface area contributed by atoms with Crippen molar-refractivity contribution in [2.45, 2.75) is 119 Å². The molecule has 278 valence electrons. The van der Waals surface area contributed by atoms with Crippen LogP contribution >= 0.6 is 23.2 Å².